The lowest BCUT2D eigenvalue weighted by Gasteiger charge is -2.15. The summed E-state index contributed by atoms with van der Waals surface area (Å²) in [5.41, 5.74) is 0.851. The number of nitrogens with zero attached hydrogens (tertiary/aromatic N) is 2. The molecule has 24 heavy (non-hydrogen) atoms. The molecule has 128 valence electrons. The number of nitrogens with one attached hydrogen (secondary N) is 3. The standard InChI is InChI=1S/C17H23N5O2/c1-18-16-6-8-20-17(22-16)21-13-3-4-14(23-2)15(9-13)24-11-12-5-7-19-10-12/h3-4,6,8-9,12,19H,5,7,10-11H2,1-2H3,(H2,18,20,21,22). The molecule has 1 aromatic heterocycles. The van der Waals surface area contributed by atoms with Crippen LogP contribution < -0.4 is 25.4 Å². The van der Waals surface area contributed by atoms with Gasteiger partial charge in [-0.25, -0.2) is 4.98 Å². The third kappa shape index (κ3) is 4.05. The largest absolute Gasteiger partial charge is 0.493 e. The quantitative estimate of drug-likeness (QED) is 0.719. The van der Waals surface area contributed by atoms with Crippen LogP contribution in [0.15, 0.2) is 30.5 Å². The second kappa shape index (κ2) is 7.83. The monoisotopic (exact) mass is 329 g/mol. The Balaban J connectivity index is 1.72. The van der Waals surface area contributed by atoms with Gasteiger partial charge in [0.25, 0.3) is 0 Å². The molecule has 3 N–H and O–H groups in total. The molecule has 3 rings (SSSR count). The Morgan fingerprint density at radius 3 is 2.96 bits per heavy atom. The Morgan fingerprint density at radius 1 is 1.29 bits per heavy atom. The van der Waals surface area contributed by atoms with Gasteiger partial charge < -0.3 is 25.4 Å². The lowest BCUT2D eigenvalue weighted by Crippen LogP contribution is -2.15. The lowest BCUT2D eigenvalue weighted by atomic mass is 10.1. The lowest BCUT2D eigenvalue weighted by molar-refractivity contribution is 0.248. The second-order valence-electron chi connectivity index (χ2n) is 5.68. The van der Waals surface area contributed by atoms with Crippen LogP contribution in [-0.2, 0) is 0 Å². The first-order valence-electron chi connectivity index (χ1n) is 8.08. The van der Waals surface area contributed by atoms with Crippen molar-refractivity contribution < 1.29 is 9.47 Å². The zero-order chi connectivity index (χ0) is 16.8. The number of aromatic nitrogens is 2. The summed E-state index contributed by atoms with van der Waals surface area (Å²) in [6.07, 6.45) is 2.85. The maximum Gasteiger partial charge on any atom is 0.229 e. The highest BCUT2D eigenvalue weighted by molar-refractivity contribution is 5.60. The third-order valence-corrected chi connectivity index (χ3v) is 3.97. The number of hydrogen-bond donors (Lipinski definition) is 3. The molecule has 0 spiro atoms. The minimum Gasteiger partial charge on any atom is -0.493 e. The zero-order valence-electron chi connectivity index (χ0n) is 14.0. The maximum absolute atomic E-state index is 5.98. The topological polar surface area (TPSA) is 80.3 Å². The summed E-state index contributed by atoms with van der Waals surface area (Å²) in [5.74, 6) is 3.27. The predicted octanol–water partition coefficient (Wildman–Crippen LogP) is 2.26. The maximum atomic E-state index is 5.98. The van der Waals surface area contributed by atoms with Gasteiger partial charge in [-0.2, -0.15) is 4.98 Å². The fourth-order valence-electron chi connectivity index (χ4n) is 2.62. The molecular weight excluding hydrogens is 306 g/mol. The summed E-state index contributed by atoms with van der Waals surface area (Å²) in [5, 5.41) is 9.53. The Bertz CT molecular complexity index is 674. The van der Waals surface area contributed by atoms with Crippen molar-refractivity contribution in [3.05, 3.63) is 30.5 Å². The van der Waals surface area contributed by atoms with Gasteiger partial charge in [0, 0.05) is 37.5 Å². The molecular formula is C17H23N5O2. The van der Waals surface area contributed by atoms with Crippen molar-refractivity contribution in [2.75, 3.05) is 44.5 Å². The first-order valence-corrected chi connectivity index (χ1v) is 8.08. The number of benzene rings is 1. The summed E-state index contributed by atoms with van der Waals surface area (Å²) in [6, 6.07) is 7.52. The van der Waals surface area contributed by atoms with Crippen molar-refractivity contribution in [1.29, 1.82) is 0 Å². The van der Waals surface area contributed by atoms with Crippen LogP contribution in [0, 0.1) is 5.92 Å². The molecule has 2 heterocycles. The van der Waals surface area contributed by atoms with Crippen molar-refractivity contribution in [2.45, 2.75) is 6.42 Å². The second-order valence-corrected chi connectivity index (χ2v) is 5.68. The smallest absolute Gasteiger partial charge is 0.229 e. The Kier molecular flexibility index (Phi) is 5.32. The molecule has 7 nitrogen and oxygen atoms in total. The molecule has 0 aliphatic carbocycles. The van der Waals surface area contributed by atoms with Gasteiger partial charge in [0.05, 0.1) is 13.7 Å². The van der Waals surface area contributed by atoms with E-state index < -0.39 is 0 Å². The summed E-state index contributed by atoms with van der Waals surface area (Å²) in [4.78, 5) is 8.58. The van der Waals surface area contributed by atoms with Crippen LogP contribution in [0.4, 0.5) is 17.5 Å². The number of methoxy groups -OCH3 is 1. The van der Waals surface area contributed by atoms with Crippen molar-refractivity contribution >= 4 is 17.5 Å². The number of ether oxygens (including phenoxy) is 2. The Hall–Kier alpha value is -2.54. The van der Waals surface area contributed by atoms with Crippen molar-refractivity contribution in [1.82, 2.24) is 15.3 Å². The van der Waals surface area contributed by atoms with Crippen molar-refractivity contribution in [3.8, 4) is 11.5 Å². The van der Waals surface area contributed by atoms with Crippen molar-refractivity contribution in [2.24, 2.45) is 5.92 Å². The first kappa shape index (κ1) is 16.3. The van der Waals surface area contributed by atoms with Gasteiger partial charge in [-0.3, -0.25) is 0 Å². The molecule has 2 aromatic rings. The number of rotatable bonds is 7. The fraction of sp³-hybridized carbons (Fsp3) is 0.412. The molecule has 0 radical (unpaired) electrons. The van der Waals surface area contributed by atoms with Crippen LogP contribution >= 0.6 is 0 Å². The molecule has 1 atom stereocenters. The van der Waals surface area contributed by atoms with E-state index in [-0.39, 0.29) is 0 Å². The predicted molar refractivity (Wildman–Crippen MR) is 94.3 cm³/mol. The van der Waals surface area contributed by atoms with Crippen LogP contribution in [0.3, 0.4) is 0 Å². The van der Waals surface area contributed by atoms with E-state index in [4.69, 9.17) is 9.47 Å². The highest BCUT2D eigenvalue weighted by atomic mass is 16.5. The summed E-state index contributed by atoms with van der Waals surface area (Å²) in [7, 11) is 3.47. The summed E-state index contributed by atoms with van der Waals surface area (Å²) < 4.78 is 11.4. The molecule has 7 heteroatoms. The van der Waals surface area contributed by atoms with E-state index in [1.807, 2.05) is 31.3 Å². The van der Waals surface area contributed by atoms with Gasteiger partial charge in [-0.05, 0) is 31.2 Å². The SMILES string of the molecule is CNc1ccnc(Nc2ccc(OC)c(OCC3CCNC3)c2)n1. The molecule has 1 aromatic carbocycles. The van der Waals surface area contributed by atoms with E-state index in [2.05, 4.69) is 25.9 Å². The average molecular weight is 329 g/mol. The Labute approximate surface area is 141 Å². The van der Waals surface area contributed by atoms with Crippen LogP contribution in [0.25, 0.3) is 0 Å². The molecule has 0 saturated carbocycles. The van der Waals surface area contributed by atoms with Crippen molar-refractivity contribution in [3.63, 3.8) is 0 Å². The Morgan fingerprint density at radius 2 is 2.21 bits per heavy atom. The minimum absolute atomic E-state index is 0.526. The minimum atomic E-state index is 0.526. The van der Waals surface area contributed by atoms with E-state index in [9.17, 15) is 0 Å². The van der Waals surface area contributed by atoms with Gasteiger partial charge in [-0.1, -0.05) is 0 Å². The van der Waals surface area contributed by atoms with Gasteiger partial charge in [-0.15, -0.1) is 0 Å². The fourth-order valence-corrected chi connectivity index (χ4v) is 2.62. The van der Waals surface area contributed by atoms with Crippen LogP contribution in [0.5, 0.6) is 11.5 Å². The molecule has 1 fully saturated rings. The van der Waals surface area contributed by atoms with Gasteiger partial charge >= 0.3 is 0 Å². The number of anilines is 3. The van der Waals surface area contributed by atoms with E-state index >= 15 is 0 Å². The zero-order valence-corrected chi connectivity index (χ0v) is 14.0. The van der Waals surface area contributed by atoms with E-state index in [1.165, 1.54) is 0 Å². The van der Waals surface area contributed by atoms with Crippen LogP contribution in [0.1, 0.15) is 6.42 Å². The third-order valence-electron chi connectivity index (χ3n) is 3.97. The highest BCUT2D eigenvalue weighted by Crippen LogP contribution is 2.31. The van der Waals surface area contributed by atoms with Gasteiger partial charge in [0.2, 0.25) is 5.95 Å². The van der Waals surface area contributed by atoms with Gasteiger partial charge in [0.1, 0.15) is 5.82 Å². The van der Waals surface area contributed by atoms with Crippen LogP contribution in [-0.4, -0.2) is 43.8 Å². The van der Waals surface area contributed by atoms with E-state index in [0.29, 0.717) is 18.5 Å². The number of hydrogen-bond acceptors (Lipinski definition) is 7. The normalized spacial score (nSPS) is 16.7. The van der Waals surface area contributed by atoms with E-state index in [1.54, 1.807) is 13.3 Å². The highest BCUT2D eigenvalue weighted by Gasteiger charge is 2.16. The molecule has 1 unspecified atom stereocenters. The van der Waals surface area contributed by atoms with Crippen LogP contribution in [0.2, 0.25) is 0 Å². The van der Waals surface area contributed by atoms with E-state index in [0.717, 1.165) is 42.5 Å². The molecule has 1 aliphatic rings. The first-order chi connectivity index (χ1) is 11.8. The summed E-state index contributed by atoms with van der Waals surface area (Å²) in [6.45, 7) is 2.75. The molecule has 0 bridgehead atoms. The molecule has 1 saturated heterocycles. The molecule has 0 amide bonds. The summed E-state index contributed by atoms with van der Waals surface area (Å²) >= 11 is 0. The van der Waals surface area contributed by atoms with Gasteiger partial charge in [0.15, 0.2) is 11.5 Å². The molecule has 1 aliphatic heterocycles. The average Bonchev–Trinajstić information content (AvgIpc) is 3.14.